The summed E-state index contributed by atoms with van der Waals surface area (Å²) in [5, 5.41) is 19.8. The summed E-state index contributed by atoms with van der Waals surface area (Å²) in [6.07, 6.45) is 1.37. The summed E-state index contributed by atoms with van der Waals surface area (Å²) in [5.41, 5.74) is 0.853. The Kier molecular flexibility index (Phi) is 4.99. The lowest BCUT2D eigenvalue weighted by molar-refractivity contribution is -0.122. The van der Waals surface area contributed by atoms with Crippen molar-refractivity contribution < 1.29 is 14.3 Å². The number of nitrogens with one attached hydrogen (secondary N) is 1. The van der Waals surface area contributed by atoms with E-state index < -0.39 is 6.10 Å². The Balaban J connectivity index is 1.87. The summed E-state index contributed by atoms with van der Waals surface area (Å²) in [6, 6.07) is 6.26. The van der Waals surface area contributed by atoms with Crippen LogP contribution in [0.25, 0.3) is 0 Å². The third-order valence-electron chi connectivity index (χ3n) is 3.02. The van der Waals surface area contributed by atoms with Crippen LogP contribution in [-0.2, 0) is 17.9 Å². The number of amides is 1. The molecule has 2 rings (SSSR count). The third kappa shape index (κ3) is 4.09. The maximum Gasteiger partial charge on any atom is 0.242 e. The van der Waals surface area contributed by atoms with Gasteiger partial charge in [-0.05, 0) is 12.5 Å². The van der Waals surface area contributed by atoms with Gasteiger partial charge >= 0.3 is 0 Å². The largest absolute Gasteiger partial charge is 0.387 e. The molecule has 0 saturated heterocycles. The van der Waals surface area contributed by atoms with Gasteiger partial charge in [0.1, 0.15) is 18.1 Å². The van der Waals surface area contributed by atoms with E-state index in [9.17, 15) is 14.3 Å². The zero-order chi connectivity index (χ0) is 15.2. The fraction of sp³-hybridized carbons (Fsp3) is 0.357. The Bertz CT molecular complexity index is 615. The van der Waals surface area contributed by atoms with Crippen molar-refractivity contribution in [2.75, 3.05) is 0 Å². The molecule has 2 N–H and O–H groups in total. The minimum absolute atomic E-state index is 0.0299. The molecule has 0 saturated carbocycles. The van der Waals surface area contributed by atoms with E-state index >= 15 is 0 Å². The van der Waals surface area contributed by atoms with E-state index in [-0.39, 0.29) is 24.8 Å². The van der Waals surface area contributed by atoms with Crippen LogP contribution in [0.2, 0.25) is 0 Å². The number of benzene rings is 1. The molecule has 2 aromatic rings. The van der Waals surface area contributed by atoms with E-state index in [1.165, 1.54) is 16.9 Å². The third-order valence-corrected chi connectivity index (χ3v) is 3.02. The number of rotatable bonds is 6. The summed E-state index contributed by atoms with van der Waals surface area (Å²) in [7, 11) is 0. The summed E-state index contributed by atoms with van der Waals surface area (Å²) >= 11 is 0. The van der Waals surface area contributed by atoms with Gasteiger partial charge in [-0.2, -0.15) is 0 Å². The van der Waals surface area contributed by atoms with Crippen molar-refractivity contribution in [3.05, 3.63) is 47.5 Å². The molecule has 1 amide bonds. The Morgan fingerprint density at radius 1 is 1.48 bits per heavy atom. The Hall–Kier alpha value is -2.28. The molecular weight excluding hydrogens is 275 g/mol. The maximum atomic E-state index is 13.4. The summed E-state index contributed by atoms with van der Waals surface area (Å²) < 4.78 is 14.7. The fourth-order valence-electron chi connectivity index (χ4n) is 1.79. The first kappa shape index (κ1) is 15.1. The average Bonchev–Trinajstić information content (AvgIpc) is 2.94. The van der Waals surface area contributed by atoms with Gasteiger partial charge in [-0.25, -0.2) is 9.07 Å². The molecule has 1 aromatic heterocycles. The molecule has 7 heteroatoms. The average molecular weight is 292 g/mol. The molecule has 0 bridgehead atoms. The number of hydrogen-bond donors (Lipinski definition) is 2. The van der Waals surface area contributed by atoms with Gasteiger partial charge in [0, 0.05) is 12.1 Å². The number of aliphatic hydroxyl groups excluding tert-OH is 1. The van der Waals surface area contributed by atoms with E-state index in [2.05, 4.69) is 15.6 Å². The smallest absolute Gasteiger partial charge is 0.242 e. The van der Waals surface area contributed by atoms with Crippen LogP contribution in [-0.4, -0.2) is 26.0 Å². The van der Waals surface area contributed by atoms with Crippen molar-refractivity contribution >= 4 is 5.91 Å². The highest BCUT2D eigenvalue weighted by molar-refractivity contribution is 5.75. The number of carbonyl (C=O) groups is 1. The number of halogens is 1. The predicted molar refractivity (Wildman–Crippen MR) is 73.5 cm³/mol. The molecule has 1 heterocycles. The summed E-state index contributed by atoms with van der Waals surface area (Å²) in [5.74, 6) is -0.660. The molecule has 0 aliphatic heterocycles. The van der Waals surface area contributed by atoms with Gasteiger partial charge < -0.3 is 10.4 Å². The van der Waals surface area contributed by atoms with E-state index in [0.29, 0.717) is 17.7 Å². The molecule has 0 aliphatic rings. The SMILES string of the molecule is CCC(O)c1cn(CC(=O)NCc2ccccc2F)nn1. The van der Waals surface area contributed by atoms with Crippen molar-refractivity contribution in [1.29, 1.82) is 0 Å². The van der Waals surface area contributed by atoms with Crippen LogP contribution in [0.5, 0.6) is 0 Å². The number of nitrogens with zero attached hydrogens (tertiary/aromatic N) is 3. The van der Waals surface area contributed by atoms with Crippen molar-refractivity contribution in [3.8, 4) is 0 Å². The maximum absolute atomic E-state index is 13.4. The minimum atomic E-state index is -0.680. The molecule has 112 valence electrons. The molecule has 0 spiro atoms. The monoisotopic (exact) mass is 292 g/mol. The highest BCUT2D eigenvalue weighted by atomic mass is 19.1. The lowest BCUT2D eigenvalue weighted by Gasteiger charge is -2.06. The molecule has 0 aliphatic carbocycles. The zero-order valence-electron chi connectivity index (χ0n) is 11.7. The Morgan fingerprint density at radius 3 is 2.95 bits per heavy atom. The van der Waals surface area contributed by atoms with Gasteiger partial charge in [0.15, 0.2) is 0 Å². The van der Waals surface area contributed by atoms with Gasteiger partial charge in [-0.1, -0.05) is 30.3 Å². The van der Waals surface area contributed by atoms with E-state index in [0.717, 1.165) is 0 Å². The highest BCUT2D eigenvalue weighted by Crippen LogP contribution is 2.11. The van der Waals surface area contributed by atoms with Crippen LogP contribution in [0, 0.1) is 5.82 Å². The molecule has 1 aromatic carbocycles. The normalized spacial score (nSPS) is 12.1. The standard InChI is InChI=1S/C14H17FN4O2/c1-2-13(20)12-8-19(18-17-12)9-14(21)16-7-10-5-3-4-6-11(10)15/h3-6,8,13,20H,2,7,9H2,1H3,(H,16,21). The number of aliphatic hydroxyl groups is 1. The lowest BCUT2D eigenvalue weighted by Crippen LogP contribution is -2.27. The molecular formula is C14H17FN4O2. The van der Waals surface area contributed by atoms with Crippen LogP contribution in [0.1, 0.15) is 30.7 Å². The van der Waals surface area contributed by atoms with Crippen LogP contribution in [0.15, 0.2) is 30.5 Å². The van der Waals surface area contributed by atoms with E-state index in [1.54, 1.807) is 18.2 Å². The molecule has 1 unspecified atom stereocenters. The van der Waals surface area contributed by atoms with E-state index in [4.69, 9.17) is 0 Å². The minimum Gasteiger partial charge on any atom is -0.387 e. The van der Waals surface area contributed by atoms with Crippen LogP contribution >= 0.6 is 0 Å². The van der Waals surface area contributed by atoms with Gasteiger partial charge in [-0.3, -0.25) is 4.79 Å². The van der Waals surface area contributed by atoms with Crippen molar-refractivity contribution in [3.63, 3.8) is 0 Å². The number of hydrogen-bond acceptors (Lipinski definition) is 4. The van der Waals surface area contributed by atoms with Gasteiger partial charge in [-0.15, -0.1) is 5.10 Å². The van der Waals surface area contributed by atoms with Crippen LogP contribution in [0.4, 0.5) is 4.39 Å². The fourth-order valence-corrected chi connectivity index (χ4v) is 1.79. The van der Waals surface area contributed by atoms with Crippen LogP contribution < -0.4 is 5.32 Å². The predicted octanol–water partition coefficient (Wildman–Crippen LogP) is 1.18. The van der Waals surface area contributed by atoms with E-state index in [1.807, 2.05) is 6.92 Å². The molecule has 0 fully saturated rings. The molecule has 1 atom stereocenters. The van der Waals surface area contributed by atoms with Gasteiger partial charge in [0.2, 0.25) is 5.91 Å². The second-order valence-corrected chi connectivity index (χ2v) is 4.63. The molecule has 0 radical (unpaired) electrons. The summed E-state index contributed by atoms with van der Waals surface area (Å²) in [6.45, 7) is 1.91. The highest BCUT2D eigenvalue weighted by Gasteiger charge is 2.11. The number of aromatic nitrogens is 3. The Labute approximate surface area is 121 Å². The Morgan fingerprint density at radius 2 is 2.24 bits per heavy atom. The first-order chi connectivity index (χ1) is 10.1. The quantitative estimate of drug-likeness (QED) is 0.837. The van der Waals surface area contributed by atoms with Crippen molar-refractivity contribution in [2.24, 2.45) is 0 Å². The summed E-state index contributed by atoms with van der Waals surface area (Å²) in [4.78, 5) is 11.8. The number of carbonyl (C=O) groups excluding carboxylic acids is 1. The van der Waals surface area contributed by atoms with Crippen LogP contribution in [0.3, 0.4) is 0 Å². The first-order valence-corrected chi connectivity index (χ1v) is 6.68. The lowest BCUT2D eigenvalue weighted by atomic mass is 10.2. The zero-order valence-corrected chi connectivity index (χ0v) is 11.7. The van der Waals surface area contributed by atoms with Gasteiger partial charge in [0.25, 0.3) is 0 Å². The second kappa shape index (κ2) is 6.94. The topological polar surface area (TPSA) is 80.0 Å². The second-order valence-electron chi connectivity index (χ2n) is 4.63. The van der Waals surface area contributed by atoms with Gasteiger partial charge in [0.05, 0.1) is 12.3 Å². The first-order valence-electron chi connectivity index (χ1n) is 6.68. The van der Waals surface area contributed by atoms with Crippen molar-refractivity contribution in [1.82, 2.24) is 20.3 Å². The molecule has 21 heavy (non-hydrogen) atoms. The van der Waals surface area contributed by atoms with Crippen molar-refractivity contribution in [2.45, 2.75) is 32.5 Å². The molecule has 6 nitrogen and oxygen atoms in total.